The van der Waals surface area contributed by atoms with Gasteiger partial charge in [0.05, 0.1) is 0 Å². The molecule has 2 rings (SSSR count). The summed E-state index contributed by atoms with van der Waals surface area (Å²) in [5, 5.41) is 3.11. The maximum Gasteiger partial charge on any atom is 0.317 e. The summed E-state index contributed by atoms with van der Waals surface area (Å²) in [7, 11) is 1.97. The average molecular weight is 324 g/mol. The van der Waals surface area contributed by atoms with E-state index in [-0.39, 0.29) is 6.03 Å². The van der Waals surface area contributed by atoms with Crippen LogP contribution in [0.25, 0.3) is 0 Å². The molecule has 1 saturated carbocycles. The first-order valence-corrected chi connectivity index (χ1v) is 9.90. The van der Waals surface area contributed by atoms with Crippen LogP contribution in [-0.4, -0.2) is 55.1 Å². The van der Waals surface area contributed by atoms with Gasteiger partial charge < -0.3 is 15.1 Å². The first-order chi connectivity index (χ1) is 11.2. The number of amides is 2. The first-order valence-electron chi connectivity index (χ1n) is 9.90. The summed E-state index contributed by atoms with van der Waals surface area (Å²) in [6.45, 7) is 6.90. The third kappa shape index (κ3) is 6.70. The molecule has 1 N–H and O–H groups in total. The van der Waals surface area contributed by atoms with E-state index in [2.05, 4.69) is 17.1 Å². The molecular formula is C19H37N3O. The van der Waals surface area contributed by atoms with Gasteiger partial charge in [0, 0.05) is 19.6 Å². The quantitative estimate of drug-likeness (QED) is 0.595. The van der Waals surface area contributed by atoms with E-state index in [9.17, 15) is 4.79 Å². The van der Waals surface area contributed by atoms with Gasteiger partial charge in [0.15, 0.2) is 0 Å². The van der Waals surface area contributed by atoms with E-state index in [0.717, 1.165) is 18.9 Å². The molecule has 4 heteroatoms. The lowest BCUT2D eigenvalue weighted by molar-refractivity contribution is 0.181. The number of likely N-dealkylation sites (tertiary alicyclic amines) is 1. The topological polar surface area (TPSA) is 35.6 Å². The molecule has 1 aliphatic carbocycles. The maximum absolute atomic E-state index is 12.3. The third-order valence-corrected chi connectivity index (χ3v) is 5.75. The monoisotopic (exact) mass is 323 g/mol. The zero-order chi connectivity index (χ0) is 16.5. The summed E-state index contributed by atoms with van der Waals surface area (Å²) in [6.07, 6.45) is 12.6. The molecule has 2 fully saturated rings. The van der Waals surface area contributed by atoms with Gasteiger partial charge in [-0.25, -0.2) is 4.79 Å². The molecule has 23 heavy (non-hydrogen) atoms. The molecule has 1 aliphatic heterocycles. The number of hydrogen-bond donors (Lipinski definition) is 1. The van der Waals surface area contributed by atoms with Gasteiger partial charge in [0.2, 0.25) is 0 Å². The van der Waals surface area contributed by atoms with Gasteiger partial charge in [0.1, 0.15) is 0 Å². The van der Waals surface area contributed by atoms with E-state index in [4.69, 9.17) is 0 Å². The standard InChI is InChI=1S/C19H37N3O/c1-17-11-15-22(16-12-17)14-8-7-13-20-19(23)21(2)18-9-5-3-4-6-10-18/h17-18H,3-16H2,1-2H3,(H,20,23). The van der Waals surface area contributed by atoms with Crippen LogP contribution in [0.4, 0.5) is 4.79 Å². The Morgan fingerprint density at radius 3 is 2.35 bits per heavy atom. The largest absolute Gasteiger partial charge is 0.338 e. The predicted octanol–water partition coefficient (Wildman–Crippen LogP) is 3.86. The Labute approximate surface area is 143 Å². The molecule has 1 saturated heterocycles. The van der Waals surface area contributed by atoms with Gasteiger partial charge >= 0.3 is 6.03 Å². The number of rotatable bonds is 6. The molecule has 1 heterocycles. The van der Waals surface area contributed by atoms with Crippen molar-refractivity contribution in [2.24, 2.45) is 5.92 Å². The van der Waals surface area contributed by atoms with E-state index in [0.29, 0.717) is 6.04 Å². The predicted molar refractivity (Wildman–Crippen MR) is 96.7 cm³/mol. The summed E-state index contributed by atoms with van der Waals surface area (Å²) >= 11 is 0. The Kier molecular flexibility index (Phi) is 8.21. The van der Waals surface area contributed by atoms with Crippen molar-refractivity contribution in [2.45, 2.75) is 77.2 Å². The van der Waals surface area contributed by atoms with Gasteiger partial charge in [-0.1, -0.05) is 32.6 Å². The van der Waals surface area contributed by atoms with Crippen LogP contribution in [0, 0.1) is 5.92 Å². The van der Waals surface area contributed by atoms with Crippen LogP contribution in [0.15, 0.2) is 0 Å². The molecule has 0 spiro atoms. The van der Waals surface area contributed by atoms with Crippen molar-refractivity contribution >= 4 is 6.03 Å². The minimum atomic E-state index is 0.128. The lowest BCUT2D eigenvalue weighted by Crippen LogP contribution is -2.43. The second-order valence-corrected chi connectivity index (χ2v) is 7.72. The van der Waals surface area contributed by atoms with Gasteiger partial charge in [0.25, 0.3) is 0 Å². The number of carbonyl (C=O) groups is 1. The fourth-order valence-electron chi connectivity index (χ4n) is 3.88. The smallest absolute Gasteiger partial charge is 0.317 e. The van der Waals surface area contributed by atoms with Gasteiger partial charge in [-0.3, -0.25) is 0 Å². The number of unbranched alkanes of at least 4 members (excludes halogenated alkanes) is 1. The Morgan fingerprint density at radius 1 is 1.04 bits per heavy atom. The molecule has 134 valence electrons. The van der Waals surface area contributed by atoms with Crippen LogP contribution in [0.1, 0.15) is 71.1 Å². The molecule has 0 bridgehead atoms. The van der Waals surface area contributed by atoms with Crippen molar-refractivity contribution in [1.82, 2.24) is 15.1 Å². The third-order valence-electron chi connectivity index (χ3n) is 5.75. The molecule has 2 amide bonds. The number of nitrogens with one attached hydrogen (secondary N) is 1. The Hall–Kier alpha value is -0.770. The number of urea groups is 1. The Bertz CT molecular complexity index is 332. The molecule has 0 aromatic carbocycles. The van der Waals surface area contributed by atoms with E-state index in [1.54, 1.807) is 0 Å². The number of piperidine rings is 1. The Morgan fingerprint density at radius 2 is 1.70 bits per heavy atom. The molecule has 0 atom stereocenters. The highest BCUT2D eigenvalue weighted by Gasteiger charge is 2.20. The number of carbonyl (C=O) groups excluding carboxylic acids is 1. The first kappa shape index (κ1) is 18.6. The van der Waals surface area contributed by atoms with E-state index >= 15 is 0 Å². The fraction of sp³-hybridized carbons (Fsp3) is 0.947. The van der Waals surface area contributed by atoms with Gasteiger partial charge in [-0.05, 0) is 64.1 Å². The van der Waals surface area contributed by atoms with Crippen LogP contribution in [0.5, 0.6) is 0 Å². The minimum absolute atomic E-state index is 0.128. The molecule has 0 radical (unpaired) electrons. The highest BCUT2D eigenvalue weighted by molar-refractivity contribution is 5.74. The van der Waals surface area contributed by atoms with E-state index < -0.39 is 0 Å². The van der Waals surface area contributed by atoms with Crippen molar-refractivity contribution in [3.05, 3.63) is 0 Å². The van der Waals surface area contributed by atoms with Crippen LogP contribution in [0.2, 0.25) is 0 Å². The van der Waals surface area contributed by atoms with Gasteiger partial charge in [-0.2, -0.15) is 0 Å². The summed E-state index contributed by atoms with van der Waals surface area (Å²) in [6, 6.07) is 0.580. The minimum Gasteiger partial charge on any atom is -0.338 e. The van der Waals surface area contributed by atoms with Crippen molar-refractivity contribution in [3.63, 3.8) is 0 Å². The molecule has 4 nitrogen and oxygen atoms in total. The summed E-state index contributed by atoms with van der Waals surface area (Å²) in [5.41, 5.74) is 0. The van der Waals surface area contributed by atoms with Crippen molar-refractivity contribution in [3.8, 4) is 0 Å². The molecule has 2 aliphatic rings. The zero-order valence-corrected chi connectivity index (χ0v) is 15.4. The normalized spacial score (nSPS) is 21.8. The van der Waals surface area contributed by atoms with Crippen molar-refractivity contribution in [2.75, 3.05) is 33.2 Å². The maximum atomic E-state index is 12.3. The Balaban J connectivity index is 1.53. The molecule has 0 unspecified atom stereocenters. The fourth-order valence-corrected chi connectivity index (χ4v) is 3.88. The summed E-state index contributed by atoms with van der Waals surface area (Å²) in [4.78, 5) is 16.8. The lowest BCUT2D eigenvalue weighted by atomic mass is 9.99. The number of nitrogens with zero attached hydrogens (tertiary/aromatic N) is 2. The average Bonchev–Trinajstić information content (AvgIpc) is 2.84. The highest BCUT2D eigenvalue weighted by atomic mass is 16.2. The second-order valence-electron chi connectivity index (χ2n) is 7.72. The van der Waals surface area contributed by atoms with Crippen molar-refractivity contribution in [1.29, 1.82) is 0 Å². The molecule has 0 aromatic rings. The SMILES string of the molecule is CC1CCN(CCCCNC(=O)N(C)C2CCCCCC2)CC1. The molecular weight excluding hydrogens is 286 g/mol. The second kappa shape index (κ2) is 10.2. The van der Waals surface area contributed by atoms with Crippen LogP contribution >= 0.6 is 0 Å². The van der Waals surface area contributed by atoms with Crippen LogP contribution in [-0.2, 0) is 0 Å². The lowest BCUT2D eigenvalue weighted by Gasteiger charge is -2.30. The zero-order valence-electron chi connectivity index (χ0n) is 15.4. The summed E-state index contributed by atoms with van der Waals surface area (Å²) < 4.78 is 0. The number of hydrogen-bond acceptors (Lipinski definition) is 2. The van der Waals surface area contributed by atoms with Crippen LogP contribution in [0.3, 0.4) is 0 Å². The van der Waals surface area contributed by atoms with Crippen LogP contribution < -0.4 is 5.32 Å². The van der Waals surface area contributed by atoms with Gasteiger partial charge in [-0.15, -0.1) is 0 Å². The van der Waals surface area contributed by atoms with E-state index in [1.807, 2.05) is 11.9 Å². The van der Waals surface area contributed by atoms with Crippen molar-refractivity contribution < 1.29 is 4.79 Å². The summed E-state index contributed by atoms with van der Waals surface area (Å²) in [5.74, 6) is 0.907. The molecule has 0 aromatic heterocycles. The van der Waals surface area contributed by atoms with E-state index in [1.165, 1.54) is 77.4 Å². The highest BCUT2D eigenvalue weighted by Crippen LogP contribution is 2.21.